The Morgan fingerprint density at radius 3 is 2.61 bits per heavy atom. The zero-order valence-electron chi connectivity index (χ0n) is 12.5. The van der Waals surface area contributed by atoms with Gasteiger partial charge in [-0.25, -0.2) is 13.1 Å². The number of halogens is 1. The molecular formula is C15H17ClN2O4S. The van der Waals surface area contributed by atoms with Crippen molar-refractivity contribution in [3.05, 3.63) is 41.4 Å². The van der Waals surface area contributed by atoms with E-state index in [-0.39, 0.29) is 18.0 Å². The molecule has 1 unspecified atom stereocenters. The number of ether oxygens (including phenoxy) is 1. The maximum atomic E-state index is 12.3. The summed E-state index contributed by atoms with van der Waals surface area (Å²) < 4.78 is 31.6. The van der Waals surface area contributed by atoms with Gasteiger partial charge < -0.3 is 10.5 Å². The summed E-state index contributed by atoms with van der Waals surface area (Å²) in [6.45, 7) is 1.60. The van der Waals surface area contributed by atoms with Crippen LogP contribution < -0.4 is 10.5 Å². The normalized spacial score (nSPS) is 13.0. The van der Waals surface area contributed by atoms with Crippen molar-refractivity contribution in [3.8, 4) is 0 Å². The van der Waals surface area contributed by atoms with Crippen molar-refractivity contribution >= 4 is 38.4 Å². The molecule has 124 valence electrons. The maximum Gasteiger partial charge on any atom is 0.324 e. The van der Waals surface area contributed by atoms with Crippen LogP contribution in [-0.2, 0) is 19.6 Å². The van der Waals surface area contributed by atoms with Crippen LogP contribution in [0.2, 0.25) is 5.02 Å². The van der Waals surface area contributed by atoms with Crippen molar-refractivity contribution in [2.24, 2.45) is 5.73 Å². The number of fused-ring (bicyclic) bond motifs is 1. The van der Waals surface area contributed by atoms with E-state index in [9.17, 15) is 13.2 Å². The Kier molecular flexibility index (Phi) is 5.59. The molecular weight excluding hydrogens is 340 g/mol. The fraction of sp³-hybridized carbons (Fsp3) is 0.267. The van der Waals surface area contributed by atoms with Crippen molar-refractivity contribution in [1.82, 2.24) is 4.72 Å². The van der Waals surface area contributed by atoms with Crippen LogP contribution in [0.15, 0.2) is 41.3 Å². The lowest BCUT2D eigenvalue weighted by atomic mass is 10.1. The third kappa shape index (κ3) is 4.42. The lowest BCUT2D eigenvalue weighted by Crippen LogP contribution is -2.43. The largest absolute Gasteiger partial charge is 0.465 e. The first-order valence-electron chi connectivity index (χ1n) is 6.94. The van der Waals surface area contributed by atoms with E-state index in [2.05, 4.69) is 4.72 Å². The first kappa shape index (κ1) is 17.7. The average Bonchev–Trinajstić information content (AvgIpc) is 2.52. The van der Waals surface area contributed by atoms with Crippen LogP contribution in [0.4, 0.5) is 0 Å². The summed E-state index contributed by atoms with van der Waals surface area (Å²) in [5.41, 5.74) is 5.58. The highest BCUT2D eigenvalue weighted by molar-refractivity contribution is 7.89. The number of esters is 1. The molecule has 0 aliphatic rings. The molecule has 0 saturated heterocycles. The van der Waals surface area contributed by atoms with Crippen LogP contribution in [0.25, 0.3) is 10.8 Å². The minimum atomic E-state index is -3.78. The van der Waals surface area contributed by atoms with E-state index in [4.69, 9.17) is 22.1 Å². The van der Waals surface area contributed by atoms with E-state index < -0.39 is 22.0 Å². The number of benzene rings is 2. The molecule has 0 amide bonds. The Labute approximate surface area is 139 Å². The molecule has 0 radical (unpaired) electrons. The fourth-order valence-electron chi connectivity index (χ4n) is 1.98. The van der Waals surface area contributed by atoms with Gasteiger partial charge in [0.15, 0.2) is 0 Å². The van der Waals surface area contributed by atoms with Gasteiger partial charge in [-0.1, -0.05) is 23.7 Å². The lowest BCUT2D eigenvalue weighted by molar-refractivity contribution is -0.144. The van der Waals surface area contributed by atoms with E-state index in [1.165, 1.54) is 12.1 Å². The van der Waals surface area contributed by atoms with Crippen molar-refractivity contribution in [1.29, 1.82) is 0 Å². The van der Waals surface area contributed by atoms with Crippen molar-refractivity contribution in [2.45, 2.75) is 17.9 Å². The van der Waals surface area contributed by atoms with Gasteiger partial charge in [0.05, 0.1) is 11.5 Å². The minimum Gasteiger partial charge on any atom is -0.465 e. The number of carbonyl (C=O) groups excluding carboxylic acids is 1. The molecule has 3 N–H and O–H groups in total. The third-order valence-electron chi connectivity index (χ3n) is 3.17. The van der Waals surface area contributed by atoms with Crippen LogP contribution >= 0.6 is 11.6 Å². The van der Waals surface area contributed by atoms with Gasteiger partial charge in [-0.15, -0.1) is 0 Å². The first-order chi connectivity index (χ1) is 10.8. The van der Waals surface area contributed by atoms with Crippen LogP contribution in [0.1, 0.15) is 6.92 Å². The second-order valence-electron chi connectivity index (χ2n) is 4.86. The summed E-state index contributed by atoms with van der Waals surface area (Å²) in [6, 6.07) is 8.79. The Hall–Kier alpha value is -1.67. The Bertz CT molecular complexity index is 823. The molecule has 6 nitrogen and oxygen atoms in total. The Morgan fingerprint density at radius 1 is 1.26 bits per heavy atom. The average molecular weight is 357 g/mol. The highest BCUT2D eigenvalue weighted by Crippen LogP contribution is 2.22. The first-order valence-corrected chi connectivity index (χ1v) is 8.81. The second-order valence-corrected chi connectivity index (χ2v) is 7.07. The molecule has 0 saturated carbocycles. The highest BCUT2D eigenvalue weighted by Gasteiger charge is 2.20. The van der Waals surface area contributed by atoms with Crippen LogP contribution in [0.5, 0.6) is 0 Å². The number of sulfonamides is 1. The van der Waals surface area contributed by atoms with Crippen molar-refractivity contribution in [3.63, 3.8) is 0 Å². The van der Waals surface area contributed by atoms with Gasteiger partial charge in [0, 0.05) is 11.6 Å². The third-order valence-corrected chi connectivity index (χ3v) is 4.82. The molecule has 2 aromatic carbocycles. The SMILES string of the molecule is CCOC(=O)C(N)CNS(=O)(=O)c1ccc2cc(Cl)ccc2c1. The van der Waals surface area contributed by atoms with Gasteiger partial charge >= 0.3 is 5.97 Å². The summed E-state index contributed by atoms with van der Waals surface area (Å²) in [5.74, 6) is -0.650. The molecule has 0 aromatic heterocycles. The van der Waals surface area contributed by atoms with E-state index >= 15 is 0 Å². The van der Waals surface area contributed by atoms with Gasteiger partial charge in [-0.2, -0.15) is 0 Å². The molecule has 0 heterocycles. The van der Waals surface area contributed by atoms with E-state index in [0.717, 1.165) is 10.8 Å². The summed E-state index contributed by atoms with van der Waals surface area (Å²) in [5, 5.41) is 2.15. The zero-order valence-corrected chi connectivity index (χ0v) is 14.0. The van der Waals surface area contributed by atoms with E-state index in [1.807, 2.05) is 0 Å². The van der Waals surface area contributed by atoms with Crippen molar-refractivity contribution < 1.29 is 17.9 Å². The fourth-order valence-corrected chi connectivity index (χ4v) is 3.25. The summed E-state index contributed by atoms with van der Waals surface area (Å²) in [6.07, 6.45) is 0. The van der Waals surface area contributed by atoms with Gasteiger partial charge in [0.1, 0.15) is 6.04 Å². The number of rotatable bonds is 6. The summed E-state index contributed by atoms with van der Waals surface area (Å²) in [4.78, 5) is 11.5. The smallest absolute Gasteiger partial charge is 0.324 e. The zero-order chi connectivity index (χ0) is 17.0. The van der Waals surface area contributed by atoms with E-state index in [1.54, 1.807) is 31.2 Å². The van der Waals surface area contributed by atoms with Crippen LogP contribution in [-0.4, -0.2) is 33.6 Å². The molecule has 2 aromatic rings. The van der Waals surface area contributed by atoms with Gasteiger partial charge in [0.25, 0.3) is 0 Å². The molecule has 0 spiro atoms. The lowest BCUT2D eigenvalue weighted by Gasteiger charge is -2.12. The molecule has 0 aliphatic heterocycles. The predicted octanol–water partition coefficient (Wildman–Crippen LogP) is 1.66. The van der Waals surface area contributed by atoms with Crippen LogP contribution in [0, 0.1) is 0 Å². The Balaban J connectivity index is 2.16. The standard InChI is InChI=1S/C15H17ClN2O4S/c1-2-22-15(19)14(17)9-18-23(20,21)13-6-4-10-7-12(16)5-3-11(10)8-13/h3-8,14,18H,2,9,17H2,1H3. The predicted molar refractivity (Wildman–Crippen MR) is 88.8 cm³/mol. The Morgan fingerprint density at radius 2 is 1.91 bits per heavy atom. The van der Waals surface area contributed by atoms with Crippen molar-refractivity contribution in [2.75, 3.05) is 13.2 Å². The molecule has 0 fully saturated rings. The molecule has 0 bridgehead atoms. The summed E-state index contributed by atoms with van der Waals surface area (Å²) in [7, 11) is -3.78. The van der Waals surface area contributed by atoms with Gasteiger partial charge in [-0.3, -0.25) is 4.79 Å². The topological polar surface area (TPSA) is 98.5 Å². The number of hydrogen-bond donors (Lipinski definition) is 2. The highest BCUT2D eigenvalue weighted by atomic mass is 35.5. The number of nitrogens with two attached hydrogens (primary N) is 1. The molecule has 23 heavy (non-hydrogen) atoms. The van der Waals surface area contributed by atoms with Gasteiger partial charge in [-0.05, 0) is 42.0 Å². The minimum absolute atomic E-state index is 0.0865. The van der Waals surface area contributed by atoms with Gasteiger partial charge in [0.2, 0.25) is 10.0 Å². The molecule has 0 aliphatic carbocycles. The molecule has 1 atom stereocenters. The number of carbonyl (C=O) groups is 1. The molecule has 2 rings (SSSR count). The summed E-state index contributed by atoms with van der Waals surface area (Å²) >= 11 is 5.90. The second kappa shape index (κ2) is 7.27. The molecule has 8 heteroatoms. The quantitative estimate of drug-likeness (QED) is 0.767. The monoisotopic (exact) mass is 356 g/mol. The maximum absolute atomic E-state index is 12.3. The number of hydrogen-bond acceptors (Lipinski definition) is 5. The van der Waals surface area contributed by atoms with E-state index in [0.29, 0.717) is 5.02 Å². The van der Waals surface area contributed by atoms with Crippen LogP contribution in [0.3, 0.4) is 0 Å². The number of nitrogens with one attached hydrogen (secondary N) is 1.